The molecule has 1 fully saturated rings. The number of rotatable bonds is 4. The number of likely N-dealkylation sites (tertiary alicyclic amines) is 1. The average molecular weight is 401 g/mol. The van der Waals surface area contributed by atoms with Crippen molar-refractivity contribution in [3.63, 3.8) is 0 Å². The second kappa shape index (κ2) is 7.25. The molecular formula is C23H25N6O+. The molecule has 1 aromatic carbocycles. The highest BCUT2D eigenvalue weighted by Gasteiger charge is 2.32. The average Bonchev–Trinajstić information content (AvgIpc) is 3.09. The van der Waals surface area contributed by atoms with Gasteiger partial charge >= 0.3 is 0 Å². The van der Waals surface area contributed by atoms with Crippen molar-refractivity contribution in [2.24, 2.45) is 10.1 Å². The third-order valence-corrected chi connectivity index (χ3v) is 5.97. The summed E-state index contributed by atoms with van der Waals surface area (Å²) >= 11 is 0. The van der Waals surface area contributed by atoms with E-state index in [1.54, 1.807) is 6.07 Å². The Kier molecular flexibility index (Phi) is 4.55. The van der Waals surface area contributed by atoms with Crippen molar-refractivity contribution in [2.75, 3.05) is 19.6 Å². The highest BCUT2D eigenvalue weighted by atomic mass is 16.3. The smallest absolute Gasteiger partial charge is 0.299 e. The Balaban J connectivity index is 1.38. The van der Waals surface area contributed by atoms with Crippen LogP contribution in [-0.4, -0.2) is 68.3 Å². The van der Waals surface area contributed by atoms with Crippen molar-refractivity contribution in [3.8, 4) is 17.0 Å². The van der Waals surface area contributed by atoms with Crippen LogP contribution in [0.2, 0.25) is 0 Å². The third kappa shape index (κ3) is 3.25. The summed E-state index contributed by atoms with van der Waals surface area (Å²) in [5.41, 5.74) is 6.10. The first kappa shape index (κ1) is 18.8. The minimum absolute atomic E-state index is 0.0458. The van der Waals surface area contributed by atoms with E-state index in [1.165, 1.54) is 0 Å². The van der Waals surface area contributed by atoms with Gasteiger partial charge in [-0.15, -0.1) is 0 Å². The maximum absolute atomic E-state index is 10.7. The first-order chi connectivity index (χ1) is 14.5. The summed E-state index contributed by atoms with van der Waals surface area (Å²) in [6.45, 7) is 9.35. The van der Waals surface area contributed by atoms with Gasteiger partial charge in [-0.25, -0.2) is 4.99 Å². The number of nitrogens with zero attached hydrogens (tertiary/aromatic N) is 6. The Morgan fingerprint density at radius 1 is 1.13 bits per heavy atom. The number of likely N-dealkylation sites (N-methyl/N-ethyl adjacent to an activating group) is 1. The van der Waals surface area contributed by atoms with E-state index in [-0.39, 0.29) is 11.9 Å². The monoisotopic (exact) mass is 401 g/mol. The molecule has 30 heavy (non-hydrogen) atoms. The molecule has 2 aromatic rings. The highest BCUT2D eigenvalue weighted by molar-refractivity contribution is 6.28. The number of fused-ring (bicyclic) bond motifs is 1. The molecule has 4 heterocycles. The summed E-state index contributed by atoms with van der Waals surface area (Å²) in [5.74, 6) is 0.629. The van der Waals surface area contributed by atoms with E-state index in [1.807, 2.05) is 48.2 Å². The third-order valence-electron chi connectivity index (χ3n) is 5.97. The van der Waals surface area contributed by atoms with Crippen LogP contribution < -0.4 is 0 Å². The lowest BCUT2D eigenvalue weighted by atomic mass is 9.96. The van der Waals surface area contributed by atoms with Crippen LogP contribution in [0.1, 0.15) is 37.9 Å². The minimum Gasteiger partial charge on any atom is -0.507 e. The van der Waals surface area contributed by atoms with Crippen LogP contribution in [0.3, 0.4) is 0 Å². The largest absolute Gasteiger partial charge is 0.507 e. The van der Waals surface area contributed by atoms with E-state index in [0.717, 1.165) is 47.9 Å². The topological polar surface area (TPSA) is 77.0 Å². The van der Waals surface area contributed by atoms with E-state index < -0.39 is 0 Å². The van der Waals surface area contributed by atoms with Crippen molar-refractivity contribution >= 4 is 17.6 Å². The zero-order chi connectivity index (χ0) is 20.8. The Bertz CT molecular complexity index is 1120. The number of hydrogen-bond donors (Lipinski definition) is 1. The molecular weight excluding hydrogens is 376 g/mol. The quantitative estimate of drug-likeness (QED) is 0.800. The van der Waals surface area contributed by atoms with Crippen LogP contribution in [0, 0.1) is 0 Å². The van der Waals surface area contributed by atoms with Gasteiger partial charge < -0.3 is 10.0 Å². The normalized spacial score (nSPS) is 21.4. The van der Waals surface area contributed by atoms with E-state index in [4.69, 9.17) is 0 Å². The van der Waals surface area contributed by atoms with E-state index in [2.05, 4.69) is 39.0 Å². The van der Waals surface area contributed by atoms with Gasteiger partial charge in [-0.3, -0.25) is 0 Å². The van der Waals surface area contributed by atoms with Crippen LogP contribution in [-0.2, 0) is 0 Å². The van der Waals surface area contributed by atoms with Crippen molar-refractivity contribution in [2.45, 2.75) is 32.9 Å². The lowest BCUT2D eigenvalue weighted by molar-refractivity contribution is -0.552. The van der Waals surface area contributed by atoms with E-state index in [0.29, 0.717) is 17.2 Å². The van der Waals surface area contributed by atoms with Gasteiger partial charge in [-0.05, 0) is 50.7 Å². The molecule has 7 nitrogen and oxygen atoms in total. The van der Waals surface area contributed by atoms with Gasteiger partial charge in [0.15, 0.2) is 0 Å². The molecule has 0 bridgehead atoms. The minimum atomic E-state index is -0.0458. The molecule has 1 atom stereocenters. The maximum atomic E-state index is 10.7. The molecule has 1 saturated heterocycles. The first-order valence-corrected chi connectivity index (χ1v) is 10.4. The molecule has 152 valence electrons. The fraction of sp³-hybridized carbons (Fsp3) is 0.348. The van der Waals surface area contributed by atoms with Crippen molar-refractivity contribution in [3.05, 3.63) is 53.2 Å². The summed E-state index contributed by atoms with van der Waals surface area (Å²) in [5, 5.41) is 24.1. The number of phenolic OH excluding ortho intramolecular Hbond substituents is 1. The molecule has 5 rings (SSSR count). The summed E-state index contributed by atoms with van der Waals surface area (Å²) in [6, 6.07) is 9.54. The van der Waals surface area contributed by atoms with Gasteiger partial charge in [-0.1, -0.05) is 17.7 Å². The molecule has 1 N–H and O–H groups in total. The van der Waals surface area contributed by atoms with Gasteiger partial charge in [0.2, 0.25) is 6.21 Å². The lowest BCUT2D eigenvalue weighted by Crippen LogP contribution is -2.44. The van der Waals surface area contributed by atoms with Gasteiger partial charge in [0, 0.05) is 40.8 Å². The molecule has 0 amide bonds. The predicted molar refractivity (Wildman–Crippen MR) is 118 cm³/mol. The van der Waals surface area contributed by atoms with Crippen molar-refractivity contribution in [1.82, 2.24) is 15.1 Å². The number of aromatic hydroxyl groups is 1. The van der Waals surface area contributed by atoms with E-state index in [9.17, 15) is 5.11 Å². The molecule has 0 saturated carbocycles. The Labute approximate surface area is 175 Å². The zero-order valence-corrected chi connectivity index (χ0v) is 17.4. The molecule has 0 radical (unpaired) electrons. The SMILES string of the molecule is CCN1CC(c2ccc(-c3ccc(C4=N[N+]5=CC(C)=NC5C(C)=C4)cc3O)nn2)C1. The number of allylic oxidation sites excluding steroid dienone is 1. The van der Waals surface area contributed by atoms with Crippen molar-refractivity contribution in [1.29, 1.82) is 0 Å². The standard InChI is InChI=1S/C23H24N6O/c1-4-28-12-17(13-28)19-7-8-20(26-25-19)18-6-5-16(10-22(18)30)21-9-14(2)23-24-15(3)11-29(23)27-21/h5-11,17,23H,4,12-13H2,1-3H3/p+1. The Hall–Kier alpha value is -3.19. The molecule has 0 spiro atoms. The molecule has 7 heteroatoms. The van der Waals surface area contributed by atoms with Gasteiger partial charge in [0.1, 0.15) is 17.2 Å². The summed E-state index contributed by atoms with van der Waals surface area (Å²) < 4.78 is 1.87. The van der Waals surface area contributed by atoms with Gasteiger partial charge in [0.05, 0.1) is 11.4 Å². The number of hydrazone groups is 1. The van der Waals surface area contributed by atoms with Crippen LogP contribution in [0.4, 0.5) is 0 Å². The first-order valence-electron chi connectivity index (χ1n) is 10.4. The zero-order valence-electron chi connectivity index (χ0n) is 17.4. The summed E-state index contributed by atoms with van der Waals surface area (Å²) in [6.07, 6.45) is 3.92. The number of aromatic nitrogens is 2. The molecule has 1 unspecified atom stereocenters. The molecule has 3 aliphatic heterocycles. The van der Waals surface area contributed by atoms with Gasteiger partial charge in [0.25, 0.3) is 6.17 Å². The second-order valence-electron chi connectivity index (χ2n) is 8.15. The maximum Gasteiger partial charge on any atom is 0.299 e. The molecule has 3 aliphatic rings. The number of aliphatic imine (C=N–C) groups is 1. The second-order valence-corrected chi connectivity index (χ2v) is 8.15. The number of benzene rings is 1. The Morgan fingerprint density at radius 3 is 2.67 bits per heavy atom. The van der Waals surface area contributed by atoms with Crippen LogP contribution in [0.15, 0.2) is 52.1 Å². The number of phenols is 1. The van der Waals surface area contributed by atoms with Crippen molar-refractivity contribution < 1.29 is 9.79 Å². The number of hydrogen-bond acceptors (Lipinski definition) is 6. The van der Waals surface area contributed by atoms with E-state index >= 15 is 0 Å². The fourth-order valence-corrected chi connectivity index (χ4v) is 4.15. The van der Waals surface area contributed by atoms with Gasteiger partial charge in [-0.2, -0.15) is 10.2 Å². The Morgan fingerprint density at radius 2 is 1.97 bits per heavy atom. The lowest BCUT2D eigenvalue weighted by Gasteiger charge is -2.37. The highest BCUT2D eigenvalue weighted by Crippen LogP contribution is 2.31. The fourth-order valence-electron chi connectivity index (χ4n) is 4.15. The summed E-state index contributed by atoms with van der Waals surface area (Å²) in [4.78, 5) is 6.95. The van der Waals surface area contributed by atoms with Crippen LogP contribution in [0.25, 0.3) is 11.3 Å². The molecule has 1 aromatic heterocycles. The summed E-state index contributed by atoms with van der Waals surface area (Å²) in [7, 11) is 0. The predicted octanol–water partition coefficient (Wildman–Crippen LogP) is 2.82. The molecule has 0 aliphatic carbocycles. The van der Waals surface area contributed by atoms with Crippen LogP contribution >= 0.6 is 0 Å². The van der Waals surface area contributed by atoms with Crippen LogP contribution in [0.5, 0.6) is 5.75 Å².